The Morgan fingerprint density at radius 2 is 2.17 bits per heavy atom. The number of piperidine rings is 1. The predicted molar refractivity (Wildman–Crippen MR) is 82.3 cm³/mol. The molecule has 122 valence electrons. The van der Waals surface area contributed by atoms with Crippen LogP contribution < -0.4 is 0 Å². The fourth-order valence-corrected chi connectivity index (χ4v) is 3.20. The summed E-state index contributed by atoms with van der Waals surface area (Å²) in [6.45, 7) is 0.501. The molecule has 4 amide bonds. The molecule has 7 nitrogen and oxygen atoms in total. The minimum Gasteiger partial charge on any atom is -0.334 e. The Balaban J connectivity index is 1.74. The van der Waals surface area contributed by atoms with Gasteiger partial charge in [-0.3, -0.25) is 19.5 Å². The lowest BCUT2D eigenvalue weighted by Gasteiger charge is -2.36. The largest absolute Gasteiger partial charge is 0.334 e. The fraction of sp³-hybridized carbons (Fsp3) is 0.500. The number of hydrogen-bond donors (Lipinski definition) is 0. The van der Waals surface area contributed by atoms with E-state index in [2.05, 4.69) is 4.98 Å². The molecule has 0 unspecified atom stereocenters. The molecule has 2 fully saturated rings. The summed E-state index contributed by atoms with van der Waals surface area (Å²) in [6.07, 6.45) is 6.34. The van der Waals surface area contributed by atoms with Crippen LogP contribution in [0.25, 0.3) is 0 Å². The summed E-state index contributed by atoms with van der Waals surface area (Å²) >= 11 is 0. The smallest absolute Gasteiger partial charge is 0.327 e. The molecule has 7 heteroatoms. The van der Waals surface area contributed by atoms with Gasteiger partial charge in [0.2, 0.25) is 5.91 Å². The van der Waals surface area contributed by atoms with Crippen molar-refractivity contribution in [3.05, 3.63) is 30.1 Å². The first-order valence-electron chi connectivity index (χ1n) is 7.83. The van der Waals surface area contributed by atoms with Crippen molar-refractivity contribution in [1.82, 2.24) is 19.7 Å². The normalized spacial score (nSPS) is 22.0. The molecule has 0 aromatic carbocycles. The van der Waals surface area contributed by atoms with Gasteiger partial charge in [-0.15, -0.1) is 0 Å². The van der Waals surface area contributed by atoms with E-state index in [1.165, 1.54) is 4.90 Å². The summed E-state index contributed by atoms with van der Waals surface area (Å²) in [5.41, 5.74) is 0.997. The second-order valence-corrected chi connectivity index (χ2v) is 6.00. The third-order valence-corrected chi connectivity index (χ3v) is 4.42. The van der Waals surface area contributed by atoms with Crippen LogP contribution in [0.3, 0.4) is 0 Å². The molecule has 0 bridgehead atoms. The fourth-order valence-electron chi connectivity index (χ4n) is 3.20. The number of hydrogen-bond acceptors (Lipinski definition) is 4. The van der Waals surface area contributed by atoms with Gasteiger partial charge in [0.1, 0.15) is 13.1 Å². The second kappa shape index (κ2) is 6.36. The van der Waals surface area contributed by atoms with E-state index in [4.69, 9.17) is 0 Å². The predicted octanol–water partition coefficient (Wildman–Crippen LogP) is 1.03. The summed E-state index contributed by atoms with van der Waals surface area (Å²) in [5, 5.41) is 0. The average molecular weight is 316 g/mol. The van der Waals surface area contributed by atoms with Gasteiger partial charge in [-0.05, 0) is 30.9 Å². The monoisotopic (exact) mass is 316 g/mol. The highest BCUT2D eigenvalue weighted by atomic mass is 16.2. The van der Waals surface area contributed by atoms with Crippen molar-refractivity contribution in [3.8, 4) is 0 Å². The van der Waals surface area contributed by atoms with Crippen molar-refractivity contribution in [1.29, 1.82) is 0 Å². The molecule has 0 N–H and O–H groups in total. The lowest BCUT2D eigenvalue weighted by molar-refractivity contribution is -0.139. The molecule has 0 radical (unpaired) electrons. The molecule has 2 saturated heterocycles. The Labute approximate surface area is 134 Å². The van der Waals surface area contributed by atoms with Crippen molar-refractivity contribution < 1.29 is 14.4 Å². The maximum atomic E-state index is 12.7. The second-order valence-electron chi connectivity index (χ2n) is 6.00. The average Bonchev–Trinajstić information content (AvgIpc) is 2.82. The van der Waals surface area contributed by atoms with Crippen LogP contribution in [-0.2, 0) is 9.59 Å². The molecule has 0 spiro atoms. The summed E-state index contributed by atoms with van der Waals surface area (Å²) in [7, 11) is 1.56. The zero-order valence-corrected chi connectivity index (χ0v) is 13.1. The Morgan fingerprint density at radius 3 is 2.83 bits per heavy atom. The number of rotatable bonds is 3. The highest BCUT2D eigenvalue weighted by molar-refractivity contribution is 6.04. The van der Waals surface area contributed by atoms with Gasteiger partial charge >= 0.3 is 6.03 Å². The third kappa shape index (κ3) is 3.04. The van der Waals surface area contributed by atoms with Crippen molar-refractivity contribution in [2.24, 2.45) is 0 Å². The number of carbonyl (C=O) groups excluding carboxylic acids is 3. The number of amides is 4. The molecule has 2 aliphatic heterocycles. The number of aromatic nitrogens is 1. The van der Waals surface area contributed by atoms with Gasteiger partial charge in [-0.2, -0.15) is 0 Å². The van der Waals surface area contributed by atoms with E-state index in [0.29, 0.717) is 6.54 Å². The molecule has 0 aliphatic carbocycles. The van der Waals surface area contributed by atoms with Crippen molar-refractivity contribution in [2.45, 2.75) is 25.3 Å². The first kappa shape index (κ1) is 15.5. The highest BCUT2D eigenvalue weighted by Gasteiger charge is 2.37. The summed E-state index contributed by atoms with van der Waals surface area (Å²) in [4.78, 5) is 44.7. The van der Waals surface area contributed by atoms with Crippen LogP contribution in [0.4, 0.5) is 4.79 Å². The number of likely N-dealkylation sites (N-methyl/N-ethyl adjacent to an activating group) is 1. The summed E-state index contributed by atoms with van der Waals surface area (Å²) in [5.74, 6) is -0.503. The molecular formula is C16H20N4O3. The number of imide groups is 1. The number of urea groups is 1. The van der Waals surface area contributed by atoms with Crippen LogP contribution in [0.5, 0.6) is 0 Å². The van der Waals surface area contributed by atoms with Crippen LogP contribution in [0.1, 0.15) is 30.9 Å². The van der Waals surface area contributed by atoms with Crippen LogP contribution in [0.2, 0.25) is 0 Å². The van der Waals surface area contributed by atoms with E-state index >= 15 is 0 Å². The molecule has 23 heavy (non-hydrogen) atoms. The Morgan fingerprint density at radius 1 is 1.35 bits per heavy atom. The molecule has 2 aliphatic rings. The van der Waals surface area contributed by atoms with Crippen LogP contribution in [0.15, 0.2) is 24.5 Å². The maximum absolute atomic E-state index is 12.7. The van der Waals surface area contributed by atoms with E-state index in [1.807, 2.05) is 12.1 Å². The molecule has 3 heterocycles. The van der Waals surface area contributed by atoms with Crippen molar-refractivity contribution in [2.75, 3.05) is 26.7 Å². The lowest BCUT2D eigenvalue weighted by atomic mass is 9.96. The molecule has 0 saturated carbocycles. The van der Waals surface area contributed by atoms with Gasteiger partial charge in [0, 0.05) is 26.0 Å². The van der Waals surface area contributed by atoms with Gasteiger partial charge < -0.3 is 9.80 Å². The standard InChI is InChI=1S/C16H20N4O3/c1-18-10-14(21)20(16(18)23)11-15(22)19-8-3-2-6-13(19)12-5-4-7-17-9-12/h4-5,7,9,13H,2-3,6,8,10-11H2,1H3/t13-/m0/s1. The number of nitrogens with zero attached hydrogens (tertiary/aromatic N) is 4. The van der Waals surface area contributed by atoms with E-state index in [9.17, 15) is 14.4 Å². The zero-order chi connectivity index (χ0) is 16.4. The van der Waals surface area contributed by atoms with Crippen molar-refractivity contribution in [3.63, 3.8) is 0 Å². The molecule has 1 aromatic rings. The van der Waals surface area contributed by atoms with E-state index in [1.54, 1.807) is 24.3 Å². The van der Waals surface area contributed by atoms with Gasteiger partial charge in [0.25, 0.3) is 5.91 Å². The van der Waals surface area contributed by atoms with E-state index < -0.39 is 6.03 Å². The minimum atomic E-state index is -0.404. The van der Waals surface area contributed by atoms with Crippen LogP contribution in [0, 0.1) is 0 Å². The Bertz CT molecular complexity index is 619. The Hall–Kier alpha value is -2.44. The lowest BCUT2D eigenvalue weighted by Crippen LogP contribution is -2.46. The Kier molecular flexibility index (Phi) is 4.27. The van der Waals surface area contributed by atoms with Crippen LogP contribution in [-0.4, -0.2) is 64.2 Å². The number of pyridine rings is 1. The minimum absolute atomic E-state index is 0.0320. The molecule has 3 rings (SSSR count). The summed E-state index contributed by atoms with van der Waals surface area (Å²) in [6, 6.07) is 3.38. The number of likely N-dealkylation sites (tertiary alicyclic amines) is 1. The quantitative estimate of drug-likeness (QED) is 0.781. The first-order chi connectivity index (χ1) is 11.1. The van der Waals surface area contributed by atoms with Crippen LogP contribution >= 0.6 is 0 Å². The maximum Gasteiger partial charge on any atom is 0.327 e. The molecule has 1 atom stereocenters. The SMILES string of the molecule is CN1CC(=O)N(CC(=O)N2CCCC[C@H]2c2cccnc2)C1=O. The van der Waals surface area contributed by atoms with Gasteiger partial charge in [-0.1, -0.05) is 6.07 Å². The number of carbonyl (C=O) groups is 3. The first-order valence-corrected chi connectivity index (χ1v) is 7.83. The van der Waals surface area contributed by atoms with Gasteiger partial charge in [-0.25, -0.2) is 4.79 Å². The third-order valence-electron chi connectivity index (χ3n) is 4.42. The van der Waals surface area contributed by atoms with E-state index in [-0.39, 0.29) is 30.9 Å². The van der Waals surface area contributed by atoms with E-state index in [0.717, 1.165) is 29.7 Å². The zero-order valence-electron chi connectivity index (χ0n) is 13.1. The topological polar surface area (TPSA) is 73.8 Å². The molecule has 1 aromatic heterocycles. The summed E-state index contributed by atoms with van der Waals surface area (Å²) < 4.78 is 0. The van der Waals surface area contributed by atoms with Gasteiger partial charge in [0.05, 0.1) is 6.04 Å². The molecular weight excluding hydrogens is 296 g/mol. The highest BCUT2D eigenvalue weighted by Crippen LogP contribution is 2.30. The van der Waals surface area contributed by atoms with Crippen molar-refractivity contribution >= 4 is 17.8 Å². The van der Waals surface area contributed by atoms with Gasteiger partial charge in [0.15, 0.2) is 0 Å².